The Morgan fingerprint density at radius 2 is 1.95 bits per heavy atom. The Morgan fingerprint density at radius 1 is 1.32 bits per heavy atom. The zero-order valence-electron chi connectivity index (χ0n) is 10.1. The molecule has 2 heterocycles. The molecule has 2 rings (SSSR count). The Bertz CT molecular complexity index is 442. The van der Waals surface area contributed by atoms with Crippen LogP contribution in [0.15, 0.2) is 12.3 Å². The second kappa shape index (κ2) is 5.53. The van der Waals surface area contributed by atoms with Crippen molar-refractivity contribution in [3.8, 4) is 0 Å². The van der Waals surface area contributed by atoms with Gasteiger partial charge in [-0.3, -0.25) is 0 Å². The van der Waals surface area contributed by atoms with Gasteiger partial charge >= 0.3 is 6.18 Å². The van der Waals surface area contributed by atoms with Crippen molar-refractivity contribution in [2.24, 2.45) is 5.92 Å². The van der Waals surface area contributed by atoms with Crippen LogP contribution < -0.4 is 4.90 Å². The van der Waals surface area contributed by atoms with Gasteiger partial charge in [0.15, 0.2) is 0 Å². The van der Waals surface area contributed by atoms with E-state index in [0.29, 0.717) is 11.4 Å². The minimum Gasteiger partial charge on any atom is -0.356 e. The van der Waals surface area contributed by atoms with Crippen LogP contribution in [0, 0.1) is 11.7 Å². The van der Waals surface area contributed by atoms with Gasteiger partial charge in [-0.2, -0.15) is 13.2 Å². The van der Waals surface area contributed by atoms with Gasteiger partial charge in [0.25, 0.3) is 0 Å². The van der Waals surface area contributed by atoms with Crippen molar-refractivity contribution < 1.29 is 17.6 Å². The first-order valence-electron chi connectivity index (χ1n) is 5.94. The number of rotatable bonds is 2. The molecule has 0 saturated carbocycles. The summed E-state index contributed by atoms with van der Waals surface area (Å²) in [7, 11) is 0. The van der Waals surface area contributed by atoms with E-state index in [-0.39, 0.29) is 31.8 Å². The van der Waals surface area contributed by atoms with E-state index >= 15 is 0 Å². The summed E-state index contributed by atoms with van der Waals surface area (Å²) in [5.41, 5.74) is 0.507. The molecule has 1 aliphatic rings. The molecule has 0 bridgehead atoms. The lowest BCUT2D eigenvalue weighted by molar-refractivity contribution is -0.179. The van der Waals surface area contributed by atoms with Gasteiger partial charge in [0.1, 0.15) is 11.6 Å². The van der Waals surface area contributed by atoms with Crippen LogP contribution in [0.1, 0.15) is 18.4 Å². The summed E-state index contributed by atoms with van der Waals surface area (Å²) < 4.78 is 50.7. The van der Waals surface area contributed by atoms with Crippen molar-refractivity contribution in [1.82, 2.24) is 4.98 Å². The van der Waals surface area contributed by atoms with Crippen LogP contribution in [-0.4, -0.2) is 24.2 Å². The second-order valence-electron chi connectivity index (χ2n) is 4.57. The predicted molar refractivity (Wildman–Crippen MR) is 64.7 cm³/mol. The van der Waals surface area contributed by atoms with Crippen LogP contribution in [-0.2, 0) is 5.88 Å². The maximum absolute atomic E-state index is 13.0. The van der Waals surface area contributed by atoms with E-state index in [1.807, 2.05) is 0 Å². The average molecular weight is 297 g/mol. The van der Waals surface area contributed by atoms with Gasteiger partial charge in [0, 0.05) is 18.7 Å². The zero-order valence-corrected chi connectivity index (χ0v) is 10.8. The smallest absolute Gasteiger partial charge is 0.356 e. The Labute approximate surface area is 113 Å². The number of nitrogens with zero attached hydrogens (tertiary/aromatic N) is 2. The van der Waals surface area contributed by atoms with Crippen LogP contribution in [0.3, 0.4) is 0 Å². The molecule has 0 aromatic carbocycles. The summed E-state index contributed by atoms with van der Waals surface area (Å²) in [6.07, 6.45) is -3.02. The summed E-state index contributed by atoms with van der Waals surface area (Å²) >= 11 is 5.71. The molecule has 7 heteroatoms. The Hall–Kier alpha value is -1.04. The third kappa shape index (κ3) is 3.29. The Kier molecular flexibility index (Phi) is 4.18. The minimum atomic E-state index is -4.14. The lowest BCUT2D eigenvalue weighted by atomic mass is 9.96. The van der Waals surface area contributed by atoms with Gasteiger partial charge in [0.05, 0.1) is 18.0 Å². The van der Waals surface area contributed by atoms with Crippen molar-refractivity contribution in [3.63, 3.8) is 0 Å². The number of halogens is 5. The molecule has 1 aromatic heterocycles. The van der Waals surface area contributed by atoms with E-state index in [1.54, 1.807) is 4.90 Å². The van der Waals surface area contributed by atoms with Gasteiger partial charge in [-0.1, -0.05) is 0 Å². The highest BCUT2D eigenvalue weighted by Crippen LogP contribution is 2.35. The lowest BCUT2D eigenvalue weighted by Crippen LogP contribution is -2.39. The first kappa shape index (κ1) is 14.4. The summed E-state index contributed by atoms with van der Waals surface area (Å²) in [5.74, 6) is -1.19. The molecule has 0 amide bonds. The molecule has 106 valence electrons. The number of hydrogen-bond acceptors (Lipinski definition) is 2. The van der Waals surface area contributed by atoms with E-state index in [0.717, 1.165) is 6.20 Å². The van der Waals surface area contributed by atoms with Crippen molar-refractivity contribution in [2.45, 2.75) is 24.9 Å². The van der Waals surface area contributed by atoms with Crippen LogP contribution in [0.25, 0.3) is 0 Å². The van der Waals surface area contributed by atoms with Gasteiger partial charge in [-0.05, 0) is 18.9 Å². The minimum absolute atomic E-state index is 0.0320. The van der Waals surface area contributed by atoms with Crippen LogP contribution in [0.4, 0.5) is 23.4 Å². The van der Waals surface area contributed by atoms with E-state index < -0.39 is 17.9 Å². The van der Waals surface area contributed by atoms with Gasteiger partial charge in [-0.15, -0.1) is 11.6 Å². The molecule has 1 saturated heterocycles. The third-order valence-corrected chi connectivity index (χ3v) is 3.60. The molecule has 0 spiro atoms. The van der Waals surface area contributed by atoms with Gasteiger partial charge < -0.3 is 4.90 Å². The molecule has 1 fully saturated rings. The Balaban J connectivity index is 2.10. The second-order valence-corrected chi connectivity index (χ2v) is 4.84. The highest BCUT2D eigenvalue weighted by atomic mass is 35.5. The van der Waals surface area contributed by atoms with Gasteiger partial charge in [-0.25, -0.2) is 9.37 Å². The van der Waals surface area contributed by atoms with Crippen molar-refractivity contribution in [3.05, 3.63) is 23.6 Å². The predicted octanol–water partition coefficient (Wildman–Crippen LogP) is 3.74. The zero-order chi connectivity index (χ0) is 14.0. The molecule has 1 aromatic rings. The average Bonchev–Trinajstić information content (AvgIpc) is 2.37. The lowest BCUT2D eigenvalue weighted by Gasteiger charge is -2.34. The van der Waals surface area contributed by atoms with Crippen molar-refractivity contribution in [1.29, 1.82) is 0 Å². The van der Waals surface area contributed by atoms with E-state index in [9.17, 15) is 17.6 Å². The summed E-state index contributed by atoms with van der Waals surface area (Å²) in [5, 5.41) is 0. The SMILES string of the molecule is Fc1cnc(N2CCC(C(F)(F)F)CC2)c(CCl)c1. The van der Waals surface area contributed by atoms with E-state index in [4.69, 9.17) is 11.6 Å². The molecule has 2 nitrogen and oxygen atoms in total. The highest BCUT2D eigenvalue weighted by Gasteiger charge is 2.41. The number of aromatic nitrogens is 1. The van der Waals surface area contributed by atoms with Crippen molar-refractivity contribution in [2.75, 3.05) is 18.0 Å². The van der Waals surface area contributed by atoms with Gasteiger partial charge in [0.2, 0.25) is 0 Å². The maximum Gasteiger partial charge on any atom is 0.391 e. The number of pyridine rings is 1. The number of anilines is 1. The number of hydrogen-bond donors (Lipinski definition) is 0. The Morgan fingerprint density at radius 3 is 2.47 bits per heavy atom. The van der Waals surface area contributed by atoms with Crippen LogP contribution in [0.5, 0.6) is 0 Å². The fourth-order valence-corrected chi connectivity index (χ4v) is 2.47. The third-order valence-electron chi connectivity index (χ3n) is 3.31. The fraction of sp³-hybridized carbons (Fsp3) is 0.583. The fourth-order valence-electron chi connectivity index (χ4n) is 2.28. The van der Waals surface area contributed by atoms with Crippen molar-refractivity contribution >= 4 is 17.4 Å². The molecule has 1 aliphatic heterocycles. The standard InChI is InChI=1S/C12H13ClF4N2/c13-6-8-5-10(14)7-18-11(8)19-3-1-9(2-4-19)12(15,16)17/h5,7,9H,1-4,6H2. The summed E-state index contributed by atoms with van der Waals surface area (Å²) in [6, 6.07) is 1.27. The molecular weight excluding hydrogens is 284 g/mol. The molecule has 0 N–H and O–H groups in total. The molecule has 19 heavy (non-hydrogen) atoms. The van der Waals surface area contributed by atoms with Crippen LogP contribution >= 0.6 is 11.6 Å². The first-order chi connectivity index (χ1) is 8.91. The molecule has 0 radical (unpaired) electrons. The largest absolute Gasteiger partial charge is 0.391 e. The monoisotopic (exact) mass is 296 g/mol. The topological polar surface area (TPSA) is 16.1 Å². The molecule has 0 atom stereocenters. The quantitative estimate of drug-likeness (QED) is 0.610. The highest BCUT2D eigenvalue weighted by molar-refractivity contribution is 6.17. The molecular formula is C12H13ClF4N2. The number of piperidine rings is 1. The van der Waals surface area contributed by atoms with E-state index in [1.165, 1.54) is 6.07 Å². The number of alkyl halides is 4. The first-order valence-corrected chi connectivity index (χ1v) is 6.47. The summed E-state index contributed by atoms with van der Waals surface area (Å²) in [6.45, 7) is 0.513. The van der Waals surface area contributed by atoms with Crippen LogP contribution in [0.2, 0.25) is 0 Å². The maximum atomic E-state index is 13.0. The normalized spacial score (nSPS) is 17.8. The summed E-state index contributed by atoms with van der Waals surface area (Å²) in [4.78, 5) is 5.68. The molecule has 0 unspecified atom stereocenters. The molecule has 0 aliphatic carbocycles. The van der Waals surface area contributed by atoms with E-state index in [2.05, 4.69) is 4.98 Å².